The van der Waals surface area contributed by atoms with Gasteiger partial charge in [-0.2, -0.15) is 0 Å². The summed E-state index contributed by atoms with van der Waals surface area (Å²) in [5.41, 5.74) is 1.16. The molecule has 3 rings (SSSR count). The van der Waals surface area contributed by atoms with Crippen molar-refractivity contribution < 1.29 is 22.4 Å². The Balaban J connectivity index is 1.75. The van der Waals surface area contributed by atoms with E-state index in [1.165, 1.54) is 32.2 Å². The monoisotopic (exact) mass is 478 g/mol. The molecule has 0 atom stereocenters. The maximum atomic E-state index is 12.6. The van der Waals surface area contributed by atoms with Crippen LogP contribution in [0.4, 0.5) is 5.69 Å². The number of anilines is 1. The summed E-state index contributed by atoms with van der Waals surface area (Å²) in [4.78, 5) is 11.3. The van der Waals surface area contributed by atoms with Gasteiger partial charge in [0.05, 0.1) is 24.2 Å². The second kappa shape index (κ2) is 8.81. The fraction of sp³-hybridized carbons (Fsp3) is 0.150. The van der Waals surface area contributed by atoms with Crippen molar-refractivity contribution in [1.29, 1.82) is 0 Å². The smallest absolute Gasteiger partial charge is 0.241 e. The molecular weight excluding hydrogens is 460 g/mol. The summed E-state index contributed by atoms with van der Waals surface area (Å²) in [6.45, 7) is 1.32. The maximum Gasteiger partial charge on any atom is 0.241 e. The Hall–Kier alpha value is -2.62. The molecule has 1 heterocycles. The highest BCUT2D eigenvalue weighted by Crippen LogP contribution is 2.28. The number of hydrogen-bond donors (Lipinski definition) is 2. The topological polar surface area (TPSA) is 97.6 Å². The van der Waals surface area contributed by atoms with E-state index < -0.39 is 10.0 Å². The minimum Gasteiger partial charge on any atom is -0.495 e. The molecule has 0 spiro atoms. The van der Waals surface area contributed by atoms with Gasteiger partial charge in [0.2, 0.25) is 15.9 Å². The minimum absolute atomic E-state index is 0.00161. The van der Waals surface area contributed by atoms with Crippen molar-refractivity contribution >= 4 is 37.5 Å². The first-order chi connectivity index (χ1) is 13.8. The van der Waals surface area contributed by atoms with Crippen molar-refractivity contribution in [3.05, 3.63) is 64.8 Å². The third-order valence-electron chi connectivity index (χ3n) is 4.02. The summed E-state index contributed by atoms with van der Waals surface area (Å²) in [7, 11) is -2.39. The fourth-order valence-electron chi connectivity index (χ4n) is 2.63. The number of rotatable bonds is 7. The lowest BCUT2D eigenvalue weighted by Crippen LogP contribution is -2.23. The first kappa shape index (κ1) is 21.1. The number of carbonyl (C=O) groups is 1. The molecule has 2 N–H and O–H groups in total. The van der Waals surface area contributed by atoms with Crippen LogP contribution in [0.25, 0.3) is 11.3 Å². The molecule has 152 valence electrons. The third-order valence-corrected chi connectivity index (χ3v) is 5.95. The normalized spacial score (nSPS) is 11.3. The van der Waals surface area contributed by atoms with Crippen LogP contribution in [0, 0.1) is 0 Å². The fourth-order valence-corrected chi connectivity index (χ4v) is 3.92. The van der Waals surface area contributed by atoms with Crippen molar-refractivity contribution in [1.82, 2.24) is 4.72 Å². The van der Waals surface area contributed by atoms with E-state index in [1.807, 2.05) is 24.3 Å². The molecule has 1 aromatic heterocycles. The molecule has 0 aliphatic heterocycles. The number of ether oxygens (including phenoxy) is 1. The Bertz CT molecular complexity index is 1120. The molecule has 0 radical (unpaired) electrons. The second-order valence-corrected chi connectivity index (χ2v) is 8.82. The van der Waals surface area contributed by atoms with E-state index in [0.717, 1.165) is 10.0 Å². The first-order valence-electron chi connectivity index (χ1n) is 8.58. The van der Waals surface area contributed by atoms with Crippen LogP contribution in [-0.4, -0.2) is 21.4 Å². The average Bonchev–Trinajstić information content (AvgIpc) is 3.15. The van der Waals surface area contributed by atoms with Crippen LogP contribution < -0.4 is 14.8 Å². The molecule has 0 saturated heterocycles. The van der Waals surface area contributed by atoms with Crippen LogP contribution >= 0.6 is 15.9 Å². The Morgan fingerprint density at radius 3 is 2.48 bits per heavy atom. The predicted octanol–water partition coefficient (Wildman–Crippen LogP) is 4.15. The zero-order valence-electron chi connectivity index (χ0n) is 15.7. The van der Waals surface area contributed by atoms with Gasteiger partial charge in [0.1, 0.15) is 17.3 Å². The predicted molar refractivity (Wildman–Crippen MR) is 113 cm³/mol. The van der Waals surface area contributed by atoms with Gasteiger partial charge in [0.15, 0.2) is 0 Å². The molecule has 7 nitrogen and oxygen atoms in total. The molecule has 1 amide bonds. The lowest BCUT2D eigenvalue weighted by molar-refractivity contribution is -0.114. The highest BCUT2D eigenvalue weighted by molar-refractivity contribution is 9.10. The van der Waals surface area contributed by atoms with E-state index in [9.17, 15) is 13.2 Å². The summed E-state index contributed by atoms with van der Waals surface area (Å²) in [6.07, 6.45) is 0. The standard InChI is InChI=1S/C20H19BrN2O5S/c1-13(24)23-18-11-17(8-10-20(18)27-2)29(25,26)22-12-16-7-9-19(28-16)14-3-5-15(21)6-4-14/h3-11,22H,12H2,1-2H3,(H,23,24). The molecule has 0 aliphatic carbocycles. The van der Waals surface area contributed by atoms with Gasteiger partial charge in [-0.05, 0) is 42.5 Å². The Labute approximate surface area is 177 Å². The molecule has 9 heteroatoms. The number of carbonyl (C=O) groups excluding carboxylic acids is 1. The zero-order chi connectivity index (χ0) is 21.0. The number of hydrogen-bond acceptors (Lipinski definition) is 5. The summed E-state index contributed by atoms with van der Waals surface area (Å²) in [5, 5.41) is 2.56. The van der Waals surface area contributed by atoms with Gasteiger partial charge < -0.3 is 14.5 Å². The summed E-state index contributed by atoms with van der Waals surface area (Å²) < 4.78 is 39.6. The lowest BCUT2D eigenvalue weighted by Gasteiger charge is -2.12. The van der Waals surface area contributed by atoms with E-state index in [1.54, 1.807) is 12.1 Å². The van der Waals surface area contributed by atoms with Gasteiger partial charge in [0.25, 0.3) is 0 Å². The molecule has 0 aliphatic rings. The van der Waals surface area contributed by atoms with Crippen molar-refractivity contribution in [2.45, 2.75) is 18.4 Å². The van der Waals surface area contributed by atoms with Crippen molar-refractivity contribution in [2.24, 2.45) is 0 Å². The van der Waals surface area contributed by atoms with E-state index in [2.05, 4.69) is 26.0 Å². The zero-order valence-corrected chi connectivity index (χ0v) is 18.1. The third kappa shape index (κ3) is 5.26. The molecule has 0 unspecified atom stereocenters. The number of amides is 1. The molecule has 0 fully saturated rings. The molecule has 0 bridgehead atoms. The molecule has 29 heavy (non-hydrogen) atoms. The highest BCUT2D eigenvalue weighted by Gasteiger charge is 2.18. The SMILES string of the molecule is COc1ccc(S(=O)(=O)NCc2ccc(-c3ccc(Br)cc3)o2)cc1NC(C)=O. The lowest BCUT2D eigenvalue weighted by atomic mass is 10.2. The van der Waals surface area contributed by atoms with Crippen molar-refractivity contribution in [2.75, 3.05) is 12.4 Å². The summed E-state index contributed by atoms with van der Waals surface area (Å²) >= 11 is 3.38. The largest absolute Gasteiger partial charge is 0.495 e. The Kier molecular flexibility index (Phi) is 6.41. The number of nitrogens with one attached hydrogen (secondary N) is 2. The van der Waals surface area contributed by atoms with Gasteiger partial charge >= 0.3 is 0 Å². The summed E-state index contributed by atoms with van der Waals surface area (Å²) in [5.74, 6) is 1.15. The maximum absolute atomic E-state index is 12.6. The van der Waals surface area contributed by atoms with Gasteiger partial charge in [-0.15, -0.1) is 0 Å². The summed E-state index contributed by atoms with van der Waals surface area (Å²) in [6, 6.07) is 15.3. The van der Waals surface area contributed by atoms with E-state index in [-0.39, 0.29) is 23.0 Å². The van der Waals surface area contributed by atoms with Crippen molar-refractivity contribution in [3.63, 3.8) is 0 Å². The second-order valence-electron chi connectivity index (χ2n) is 6.14. The molecule has 3 aromatic rings. The highest BCUT2D eigenvalue weighted by atomic mass is 79.9. The number of sulfonamides is 1. The van der Waals surface area contributed by atoms with Gasteiger partial charge in [0, 0.05) is 17.0 Å². The van der Waals surface area contributed by atoms with Crippen LogP contribution in [0.15, 0.2) is 68.4 Å². The minimum atomic E-state index is -3.83. The van der Waals surface area contributed by atoms with Crippen LogP contribution in [0.1, 0.15) is 12.7 Å². The quantitative estimate of drug-likeness (QED) is 0.531. The Morgan fingerprint density at radius 2 is 1.83 bits per heavy atom. The van der Waals surface area contributed by atoms with Crippen molar-refractivity contribution in [3.8, 4) is 17.1 Å². The van der Waals surface area contributed by atoms with Gasteiger partial charge in [-0.25, -0.2) is 13.1 Å². The molecule has 0 saturated carbocycles. The van der Waals surface area contributed by atoms with Crippen LogP contribution in [0.2, 0.25) is 0 Å². The first-order valence-corrected chi connectivity index (χ1v) is 10.9. The number of furan rings is 1. The average molecular weight is 479 g/mol. The van der Waals surface area contributed by atoms with Gasteiger partial charge in [-0.1, -0.05) is 28.1 Å². The van der Waals surface area contributed by atoms with E-state index in [0.29, 0.717) is 17.3 Å². The van der Waals surface area contributed by atoms with Gasteiger partial charge in [-0.3, -0.25) is 4.79 Å². The van der Waals surface area contributed by atoms with Crippen LogP contribution in [-0.2, 0) is 21.4 Å². The van der Waals surface area contributed by atoms with E-state index >= 15 is 0 Å². The number of halogens is 1. The Morgan fingerprint density at radius 1 is 1.10 bits per heavy atom. The number of benzene rings is 2. The number of methoxy groups -OCH3 is 1. The van der Waals surface area contributed by atoms with Crippen LogP contribution in [0.5, 0.6) is 5.75 Å². The molecule has 2 aromatic carbocycles. The van der Waals surface area contributed by atoms with Crippen LogP contribution in [0.3, 0.4) is 0 Å². The molecular formula is C20H19BrN2O5S. The van der Waals surface area contributed by atoms with E-state index in [4.69, 9.17) is 9.15 Å².